The van der Waals surface area contributed by atoms with E-state index in [1.165, 1.54) is 180 Å². The second-order valence-corrected chi connectivity index (χ2v) is 20.0. The standard InChI is InChI=1S/C61H113NO5/c1-4-7-10-13-16-19-22-25-27-29-30-32-34-36-39-42-45-48-51-54-61(66)67-57(52-49-46-43-40-37-24-21-18-15-12-9-6-3)55-60(65)62-58(56-63)59(64)53-50-47-44-41-38-35-33-31-28-26-23-20-17-14-11-8-5-2/h9,12,16,18-19,21,25,27,57-59,63-64H,4-8,10-11,13-15,17,20,22-24,26,28-56H2,1-3H3,(H,62,65)/b12-9+,19-16-,21-18+,27-25-. The highest BCUT2D eigenvalue weighted by Gasteiger charge is 2.24. The number of hydrogen-bond acceptors (Lipinski definition) is 5. The largest absolute Gasteiger partial charge is 0.462 e. The van der Waals surface area contributed by atoms with E-state index in [1.807, 2.05) is 0 Å². The number of ether oxygens (including phenoxy) is 1. The molecule has 0 heterocycles. The molecule has 0 saturated heterocycles. The molecule has 0 fully saturated rings. The molecule has 3 unspecified atom stereocenters. The number of hydrogen-bond donors (Lipinski definition) is 3. The van der Waals surface area contributed by atoms with E-state index in [1.54, 1.807) is 0 Å². The van der Waals surface area contributed by atoms with Crippen LogP contribution in [0.2, 0.25) is 0 Å². The Kier molecular flexibility index (Phi) is 53.0. The molecule has 3 N–H and O–H groups in total. The lowest BCUT2D eigenvalue weighted by molar-refractivity contribution is -0.151. The van der Waals surface area contributed by atoms with Gasteiger partial charge in [0, 0.05) is 6.42 Å². The Morgan fingerprint density at radius 2 is 0.806 bits per heavy atom. The molecule has 392 valence electrons. The third kappa shape index (κ3) is 50.0. The van der Waals surface area contributed by atoms with Crippen molar-refractivity contribution in [3.63, 3.8) is 0 Å². The quantitative estimate of drug-likeness (QED) is 0.0321. The molecule has 0 aliphatic carbocycles. The topological polar surface area (TPSA) is 95.9 Å². The fourth-order valence-electron chi connectivity index (χ4n) is 8.97. The minimum atomic E-state index is -0.793. The van der Waals surface area contributed by atoms with E-state index < -0.39 is 18.2 Å². The summed E-state index contributed by atoms with van der Waals surface area (Å²) in [5.41, 5.74) is 0. The molecule has 0 radical (unpaired) electrons. The molecule has 0 aliphatic rings. The lowest BCUT2D eigenvalue weighted by atomic mass is 10.0. The van der Waals surface area contributed by atoms with E-state index in [2.05, 4.69) is 74.7 Å². The van der Waals surface area contributed by atoms with Gasteiger partial charge in [0.05, 0.1) is 25.2 Å². The van der Waals surface area contributed by atoms with Crippen LogP contribution < -0.4 is 5.32 Å². The maximum atomic E-state index is 13.3. The van der Waals surface area contributed by atoms with Crippen LogP contribution in [0, 0.1) is 0 Å². The van der Waals surface area contributed by atoms with Crippen LogP contribution in [0.4, 0.5) is 0 Å². The minimum Gasteiger partial charge on any atom is -0.462 e. The first kappa shape index (κ1) is 64.8. The Labute approximate surface area is 416 Å². The summed E-state index contributed by atoms with van der Waals surface area (Å²) in [7, 11) is 0. The summed E-state index contributed by atoms with van der Waals surface area (Å²) in [5.74, 6) is -0.482. The molecule has 0 aliphatic heterocycles. The first-order valence-electron chi connectivity index (χ1n) is 29.4. The molecule has 0 aromatic heterocycles. The van der Waals surface area contributed by atoms with Crippen molar-refractivity contribution in [2.24, 2.45) is 0 Å². The first-order chi connectivity index (χ1) is 33.0. The highest BCUT2D eigenvalue weighted by atomic mass is 16.5. The van der Waals surface area contributed by atoms with Gasteiger partial charge in [-0.15, -0.1) is 0 Å². The van der Waals surface area contributed by atoms with Gasteiger partial charge in [0.2, 0.25) is 5.91 Å². The second-order valence-electron chi connectivity index (χ2n) is 20.0. The van der Waals surface area contributed by atoms with Crippen molar-refractivity contribution in [2.75, 3.05) is 6.61 Å². The van der Waals surface area contributed by atoms with Crippen molar-refractivity contribution >= 4 is 11.9 Å². The second kappa shape index (κ2) is 54.8. The molecule has 0 spiro atoms. The number of aliphatic hydroxyl groups is 2. The average Bonchev–Trinajstić information content (AvgIpc) is 3.32. The summed E-state index contributed by atoms with van der Waals surface area (Å²) < 4.78 is 5.95. The lowest BCUT2D eigenvalue weighted by Crippen LogP contribution is -2.46. The average molecular weight is 941 g/mol. The Balaban J connectivity index is 4.46. The molecule has 6 nitrogen and oxygen atoms in total. The van der Waals surface area contributed by atoms with Crippen LogP contribution in [0.25, 0.3) is 0 Å². The number of carbonyl (C=O) groups excluding carboxylic acids is 2. The van der Waals surface area contributed by atoms with Crippen molar-refractivity contribution in [1.82, 2.24) is 5.32 Å². The number of rotatable bonds is 53. The summed E-state index contributed by atoms with van der Waals surface area (Å²) >= 11 is 0. The van der Waals surface area contributed by atoms with Crippen molar-refractivity contribution < 1.29 is 24.5 Å². The van der Waals surface area contributed by atoms with Gasteiger partial charge in [-0.2, -0.15) is 0 Å². The summed E-state index contributed by atoms with van der Waals surface area (Å²) in [6, 6.07) is -0.707. The Morgan fingerprint density at radius 1 is 0.448 bits per heavy atom. The molecule has 0 aromatic rings. The highest BCUT2D eigenvalue weighted by molar-refractivity contribution is 5.77. The van der Waals surface area contributed by atoms with Crippen LogP contribution in [0.5, 0.6) is 0 Å². The zero-order chi connectivity index (χ0) is 48.8. The first-order valence-corrected chi connectivity index (χ1v) is 29.4. The SMILES string of the molecule is CC/C=C/C/C=C/CCCCCCCC(CC(=O)NC(CO)C(O)CCCCCCCCCCCCCCCCCCC)OC(=O)CCCCCCCCCCC/C=C\C/C=C\CCCCC. The van der Waals surface area contributed by atoms with Crippen LogP contribution >= 0.6 is 0 Å². The van der Waals surface area contributed by atoms with Gasteiger partial charge in [-0.05, 0) is 83.5 Å². The van der Waals surface area contributed by atoms with Crippen LogP contribution in [-0.4, -0.2) is 46.9 Å². The predicted octanol–water partition coefficient (Wildman–Crippen LogP) is 18.2. The van der Waals surface area contributed by atoms with Crippen molar-refractivity contribution in [3.05, 3.63) is 48.6 Å². The van der Waals surface area contributed by atoms with Crippen molar-refractivity contribution in [2.45, 2.75) is 322 Å². The third-order valence-electron chi connectivity index (χ3n) is 13.4. The van der Waals surface area contributed by atoms with Crippen molar-refractivity contribution in [1.29, 1.82) is 0 Å². The molecule has 0 aromatic carbocycles. The third-order valence-corrected chi connectivity index (χ3v) is 13.4. The van der Waals surface area contributed by atoms with Gasteiger partial charge < -0.3 is 20.3 Å². The van der Waals surface area contributed by atoms with E-state index in [0.29, 0.717) is 19.3 Å². The Hall–Kier alpha value is -2.18. The van der Waals surface area contributed by atoms with Gasteiger partial charge in [-0.3, -0.25) is 9.59 Å². The van der Waals surface area contributed by atoms with Gasteiger partial charge in [0.1, 0.15) is 6.10 Å². The predicted molar refractivity (Wildman–Crippen MR) is 292 cm³/mol. The number of nitrogens with one attached hydrogen (secondary N) is 1. The van der Waals surface area contributed by atoms with Crippen LogP contribution in [0.15, 0.2) is 48.6 Å². The molecular formula is C61H113NO5. The van der Waals surface area contributed by atoms with Crippen LogP contribution in [-0.2, 0) is 14.3 Å². The van der Waals surface area contributed by atoms with Gasteiger partial charge >= 0.3 is 5.97 Å². The summed E-state index contributed by atoms with van der Waals surface area (Å²) in [6.07, 6.45) is 67.5. The fraction of sp³-hybridized carbons (Fsp3) is 0.836. The van der Waals surface area contributed by atoms with Gasteiger partial charge in [0.15, 0.2) is 0 Å². The van der Waals surface area contributed by atoms with E-state index >= 15 is 0 Å². The maximum Gasteiger partial charge on any atom is 0.306 e. The summed E-state index contributed by atoms with van der Waals surface area (Å²) in [6.45, 7) is 6.38. The maximum absolute atomic E-state index is 13.3. The van der Waals surface area contributed by atoms with E-state index in [9.17, 15) is 19.8 Å². The molecule has 3 atom stereocenters. The van der Waals surface area contributed by atoms with E-state index in [-0.39, 0.29) is 24.9 Å². The number of allylic oxidation sites excluding steroid dienone is 8. The monoisotopic (exact) mass is 940 g/mol. The summed E-state index contributed by atoms with van der Waals surface area (Å²) in [5, 5.41) is 23.9. The van der Waals surface area contributed by atoms with Gasteiger partial charge in [-0.1, -0.05) is 256 Å². The molecule has 67 heavy (non-hydrogen) atoms. The minimum absolute atomic E-state index is 0.0676. The molecular weight excluding hydrogens is 827 g/mol. The normalized spacial score (nSPS) is 13.4. The van der Waals surface area contributed by atoms with E-state index in [0.717, 1.165) is 77.0 Å². The number of unbranched alkanes of at least 4 members (excludes halogenated alkanes) is 33. The number of esters is 1. The molecule has 0 saturated carbocycles. The fourth-order valence-corrected chi connectivity index (χ4v) is 8.97. The van der Waals surface area contributed by atoms with Gasteiger partial charge in [0.25, 0.3) is 0 Å². The summed E-state index contributed by atoms with van der Waals surface area (Å²) in [4.78, 5) is 26.3. The number of carbonyl (C=O) groups is 2. The van der Waals surface area contributed by atoms with Crippen molar-refractivity contribution in [3.8, 4) is 0 Å². The van der Waals surface area contributed by atoms with Gasteiger partial charge in [-0.25, -0.2) is 0 Å². The number of amides is 1. The van der Waals surface area contributed by atoms with E-state index in [4.69, 9.17) is 4.74 Å². The Bertz CT molecular complexity index is 1150. The van der Waals surface area contributed by atoms with Crippen LogP contribution in [0.3, 0.4) is 0 Å². The Morgan fingerprint density at radius 3 is 1.24 bits per heavy atom. The highest BCUT2D eigenvalue weighted by Crippen LogP contribution is 2.19. The zero-order valence-electron chi connectivity index (χ0n) is 44.8. The van der Waals surface area contributed by atoms with Crippen LogP contribution in [0.1, 0.15) is 303 Å². The molecule has 0 bridgehead atoms. The zero-order valence-corrected chi connectivity index (χ0v) is 44.8. The lowest BCUT2D eigenvalue weighted by Gasteiger charge is -2.24. The number of aliphatic hydroxyl groups excluding tert-OH is 2. The molecule has 0 rings (SSSR count). The molecule has 1 amide bonds. The molecule has 6 heteroatoms. The smallest absolute Gasteiger partial charge is 0.306 e.